The molecule has 0 radical (unpaired) electrons. The molecule has 124 valence electrons. The number of halogens is 1. The van der Waals surface area contributed by atoms with Gasteiger partial charge in [0.25, 0.3) is 0 Å². The number of benzene rings is 2. The number of anilines is 1. The summed E-state index contributed by atoms with van der Waals surface area (Å²) in [4.78, 5) is 26.4. The standard InChI is InChI=1S/C19H19ClN2O2/c1-13-5-2-3-8-17(13)22-12-15(10-18(22)23)19(24)21-11-14-6-4-7-16(20)9-14/h2-9,15H,10-12H2,1H3,(H,21,24)/t15-/m1/s1. The van der Waals surface area contributed by atoms with E-state index >= 15 is 0 Å². The van der Waals surface area contributed by atoms with Gasteiger partial charge in [-0.1, -0.05) is 41.9 Å². The molecule has 0 saturated carbocycles. The highest BCUT2D eigenvalue weighted by Gasteiger charge is 2.35. The average Bonchev–Trinajstić information content (AvgIpc) is 2.95. The van der Waals surface area contributed by atoms with E-state index in [4.69, 9.17) is 11.6 Å². The summed E-state index contributed by atoms with van der Waals surface area (Å²) in [5.74, 6) is -0.428. The van der Waals surface area contributed by atoms with Crippen LogP contribution in [0.3, 0.4) is 0 Å². The van der Waals surface area contributed by atoms with Gasteiger partial charge in [-0.15, -0.1) is 0 Å². The lowest BCUT2D eigenvalue weighted by molar-refractivity contribution is -0.126. The maximum Gasteiger partial charge on any atom is 0.227 e. The highest BCUT2D eigenvalue weighted by Crippen LogP contribution is 2.27. The van der Waals surface area contributed by atoms with Crippen LogP contribution in [0.25, 0.3) is 0 Å². The fourth-order valence-corrected chi connectivity index (χ4v) is 3.18. The van der Waals surface area contributed by atoms with Crippen LogP contribution >= 0.6 is 11.6 Å². The van der Waals surface area contributed by atoms with Crippen molar-refractivity contribution < 1.29 is 9.59 Å². The Morgan fingerprint density at radius 2 is 2.04 bits per heavy atom. The van der Waals surface area contributed by atoms with Crippen LogP contribution < -0.4 is 10.2 Å². The first-order valence-electron chi connectivity index (χ1n) is 7.93. The van der Waals surface area contributed by atoms with Crippen molar-refractivity contribution in [2.24, 2.45) is 5.92 Å². The Balaban J connectivity index is 1.63. The Morgan fingerprint density at radius 3 is 2.79 bits per heavy atom. The quantitative estimate of drug-likeness (QED) is 0.926. The summed E-state index contributed by atoms with van der Waals surface area (Å²) < 4.78 is 0. The Bertz CT molecular complexity index is 775. The molecule has 1 aliphatic heterocycles. The first kappa shape index (κ1) is 16.5. The van der Waals surface area contributed by atoms with Crippen molar-refractivity contribution in [2.75, 3.05) is 11.4 Å². The molecule has 0 unspecified atom stereocenters. The SMILES string of the molecule is Cc1ccccc1N1C[C@H](C(=O)NCc2cccc(Cl)c2)CC1=O. The second kappa shape index (κ2) is 7.05. The third-order valence-corrected chi connectivity index (χ3v) is 4.49. The molecule has 0 bridgehead atoms. The topological polar surface area (TPSA) is 49.4 Å². The zero-order valence-corrected chi connectivity index (χ0v) is 14.2. The van der Waals surface area contributed by atoms with E-state index in [-0.39, 0.29) is 24.2 Å². The van der Waals surface area contributed by atoms with Gasteiger partial charge < -0.3 is 10.2 Å². The third kappa shape index (κ3) is 3.60. The number of para-hydroxylation sites is 1. The number of hydrogen-bond donors (Lipinski definition) is 1. The summed E-state index contributed by atoms with van der Waals surface area (Å²) in [6.45, 7) is 2.80. The minimum Gasteiger partial charge on any atom is -0.352 e. The van der Waals surface area contributed by atoms with Crippen LogP contribution in [0.1, 0.15) is 17.5 Å². The molecule has 1 fully saturated rings. The number of carbonyl (C=O) groups excluding carboxylic acids is 2. The molecule has 2 aromatic rings. The predicted octanol–water partition coefficient (Wildman–Crippen LogP) is 3.32. The van der Waals surface area contributed by atoms with E-state index in [9.17, 15) is 9.59 Å². The first-order valence-corrected chi connectivity index (χ1v) is 8.30. The van der Waals surface area contributed by atoms with Gasteiger partial charge in [0, 0.05) is 30.2 Å². The first-order chi connectivity index (χ1) is 11.5. The third-order valence-electron chi connectivity index (χ3n) is 4.26. The van der Waals surface area contributed by atoms with Crippen LogP contribution in [0.2, 0.25) is 5.02 Å². The zero-order valence-electron chi connectivity index (χ0n) is 13.5. The number of nitrogens with one attached hydrogen (secondary N) is 1. The van der Waals surface area contributed by atoms with Gasteiger partial charge >= 0.3 is 0 Å². The largest absolute Gasteiger partial charge is 0.352 e. The van der Waals surface area contributed by atoms with E-state index < -0.39 is 0 Å². The lowest BCUT2D eigenvalue weighted by atomic mass is 10.1. The number of hydrogen-bond acceptors (Lipinski definition) is 2. The van der Waals surface area contributed by atoms with E-state index in [0.29, 0.717) is 18.1 Å². The number of rotatable bonds is 4. The molecule has 1 saturated heterocycles. The average molecular weight is 343 g/mol. The predicted molar refractivity (Wildman–Crippen MR) is 94.9 cm³/mol. The van der Waals surface area contributed by atoms with Crippen molar-refractivity contribution in [1.29, 1.82) is 0 Å². The summed E-state index contributed by atoms with van der Waals surface area (Å²) in [5, 5.41) is 3.54. The fourth-order valence-electron chi connectivity index (χ4n) is 2.96. The molecule has 0 spiro atoms. The van der Waals surface area contributed by atoms with Gasteiger partial charge in [0.1, 0.15) is 0 Å². The molecule has 2 amide bonds. The molecule has 1 N–H and O–H groups in total. The van der Waals surface area contributed by atoms with Crippen LogP contribution in [0.15, 0.2) is 48.5 Å². The molecule has 4 nitrogen and oxygen atoms in total. The second-order valence-corrected chi connectivity index (χ2v) is 6.48. The molecule has 0 aliphatic carbocycles. The summed E-state index contributed by atoms with van der Waals surface area (Å²) in [6, 6.07) is 15.1. The van der Waals surface area contributed by atoms with Crippen LogP contribution in [-0.2, 0) is 16.1 Å². The van der Waals surface area contributed by atoms with Gasteiger partial charge in [0.15, 0.2) is 0 Å². The summed E-state index contributed by atoms with van der Waals surface area (Å²) in [6.07, 6.45) is 0.246. The second-order valence-electron chi connectivity index (χ2n) is 6.04. The molecule has 5 heteroatoms. The lowest BCUT2D eigenvalue weighted by Crippen LogP contribution is -2.32. The van der Waals surface area contributed by atoms with Gasteiger partial charge in [-0.2, -0.15) is 0 Å². The van der Waals surface area contributed by atoms with Gasteiger partial charge in [-0.05, 0) is 36.2 Å². The van der Waals surface area contributed by atoms with E-state index in [1.807, 2.05) is 49.4 Å². The van der Waals surface area contributed by atoms with Crippen LogP contribution in [-0.4, -0.2) is 18.4 Å². The van der Waals surface area contributed by atoms with Crippen LogP contribution in [0.4, 0.5) is 5.69 Å². The highest BCUT2D eigenvalue weighted by molar-refractivity contribution is 6.30. The molecule has 1 aliphatic rings. The van der Waals surface area contributed by atoms with Crippen LogP contribution in [0.5, 0.6) is 0 Å². The van der Waals surface area contributed by atoms with Crippen molar-refractivity contribution in [3.8, 4) is 0 Å². The number of aryl methyl sites for hydroxylation is 1. The maximum atomic E-state index is 12.4. The summed E-state index contributed by atoms with van der Waals surface area (Å²) in [5.41, 5.74) is 2.86. The number of nitrogens with zero attached hydrogens (tertiary/aromatic N) is 1. The van der Waals surface area contributed by atoms with Crippen molar-refractivity contribution in [3.05, 3.63) is 64.7 Å². The maximum absolute atomic E-state index is 12.4. The van der Waals surface area contributed by atoms with Crippen molar-refractivity contribution in [1.82, 2.24) is 5.32 Å². The van der Waals surface area contributed by atoms with E-state index in [0.717, 1.165) is 16.8 Å². The van der Waals surface area contributed by atoms with E-state index in [1.165, 1.54) is 0 Å². The molecule has 3 rings (SSSR count). The van der Waals surface area contributed by atoms with E-state index in [1.54, 1.807) is 11.0 Å². The number of amides is 2. The fraction of sp³-hybridized carbons (Fsp3) is 0.263. The van der Waals surface area contributed by atoms with Gasteiger partial charge in [0.05, 0.1) is 5.92 Å². The van der Waals surface area contributed by atoms with Crippen molar-refractivity contribution >= 4 is 29.1 Å². The van der Waals surface area contributed by atoms with Crippen molar-refractivity contribution in [2.45, 2.75) is 19.9 Å². The normalized spacial score (nSPS) is 17.2. The lowest BCUT2D eigenvalue weighted by Gasteiger charge is -2.19. The van der Waals surface area contributed by atoms with Gasteiger partial charge in [-0.25, -0.2) is 0 Å². The number of carbonyl (C=O) groups is 2. The van der Waals surface area contributed by atoms with E-state index in [2.05, 4.69) is 5.32 Å². The molecule has 24 heavy (non-hydrogen) atoms. The summed E-state index contributed by atoms with van der Waals surface area (Å²) >= 11 is 5.94. The highest BCUT2D eigenvalue weighted by atomic mass is 35.5. The molecule has 1 atom stereocenters. The Labute approximate surface area is 146 Å². The molecule has 1 heterocycles. The van der Waals surface area contributed by atoms with Gasteiger partial charge in [0.2, 0.25) is 11.8 Å². The minimum atomic E-state index is -0.323. The van der Waals surface area contributed by atoms with Crippen LogP contribution in [0, 0.1) is 12.8 Å². The monoisotopic (exact) mass is 342 g/mol. The minimum absolute atomic E-state index is 0.00722. The Hall–Kier alpha value is -2.33. The van der Waals surface area contributed by atoms with Crippen molar-refractivity contribution in [3.63, 3.8) is 0 Å². The van der Waals surface area contributed by atoms with Gasteiger partial charge in [-0.3, -0.25) is 9.59 Å². The Morgan fingerprint density at radius 1 is 1.25 bits per heavy atom. The molecular formula is C19H19ClN2O2. The molecule has 2 aromatic carbocycles. The Kier molecular flexibility index (Phi) is 4.86. The molecule has 0 aromatic heterocycles. The summed E-state index contributed by atoms with van der Waals surface area (Å²) in [7, 11) is 0. The molecular weight excluding hydrogens is 324 g/mol. The smallest absolute Gasteiger partial charge is 0.227 e. The zero-order chi connectivity index (χ0) is 17.1.